The maximum Gasteiger partial charge on any atom is 0.296 e. The minimum Gasteiger partial charge on any atom is -0.327 e. The van der Waals surface area contributed by atoms with Crippen LogP contribution in [-0.2, 0) is 11.8 Å². The highest BCUT2D eigenvalue weighted by Gasteiger charge is 2.25. The van der Waals surface area contributed by atoms with Crippen LogP contribution in [0.1, 0.15) is 21.7 Å². The number of Topliss-reactive ketones (excluding diaryl/α,β-unsaturated/α-hetero) is 1. The first kappa shape index (κ1) is 21.3. The number of para-hydroxylation sites is 3. The number of aryl methyl sites for hydroxylation is 2. The van der Waals surface area contributed by atoms with Gasteiger partial charge in [0.15, 0.2) is 0 Å². The number of carbonyl (C=O) groups excluding carboxylic acids is 2. The van der Waals surface area contributed by atoms with Gasteiger partial charge in [0, 0.05) is 18.3 Å². The number of nitrogens with one attached hydrogen (secondary N) is 1. The van der Waals surface area contributed by atoms with E-state index in [1.807, 2.05) is 78.3 Å². The molecule has 0 saturated heterocycles. The zero-order valence-electron chi connectivity index (χ0n) is 19.1. The summed E-state index contributed by atoms with van der Waals surface area (Å²) in [7, 11) is 1.97. The Kier molecular flexibility index (Phi) is 5.30. The minimum atomic E-state index is -0.700. The lowest BCUT2D eigenvalue weighted by Gasteiger charge is -2.07. The van der Waals surface area contributed by atoms with E-state index in [2.05, 4.69) is 10.4 Å². The highest BCUT2D eigenvalue weighted by molar-refractivity contribution is 6.47. The number of imidazole rings is 1. The molecule has 1 amide bonds. The molecule has 0 fully saturated rings. The second kappa shape index (κ2) is 8.44. The first-order valence-electron chi connectivity index (χ1n) is 10.9. The van der Waals surface area contributed by atoms with Gasteiger partial charge >= 0.3 is 0 Å². The molecule has 7 heteroatoms. The second-order valence-corrected chi connectivity index (χ2v) is 8.14. The Morgan fingerprint density at radius 3 is 2.24 bits per heavy atom. The van der Waals surface area contributed by atoms with Crippen LogP contribution in [0.2, 0.25) is 0 Å². The first-order valence-corrected chi connectivity index (χ1v) is 10.9. The van der Waals surface area contributed by atoms with Gasteiger partial charge in [-0.2, -0.15) is 5.10 Å². The average molecular weight is 450 g/mol. The van der Waals surface area contributed by atoms with Crippen molar-refractivity contribution in [2.45, 2.75) is 13.8 Å². The molecule has 2 aromatic heterocycles. The number of anilines is 1. The third-order valence-corrected chi connectivity index (χ3v) is 5.91. The van der Waals surface area contributed by atoms with Gasteiger partial charge in [0.05, 0.1) is 33.7 Å². The van der Waals surface area contributed by atoms with Crippen LogP contribution in [0.15, 0.2) is 78.9 Å². The van der Waals surface area contributed by atoms with Crippen LogP contribution in [0.3, 0.4) is 0 Å². The summed E-state index contributed by atoms with van der Waals surface area (Å²) < 4.78 is 3.71. The lowest BCUT2D eigenvalue weighted by molar-refractivity contribution is -0.112. The van der Waals surface area contributed by atoms with Crippen molar-refractivity contribution in [3.8, 4) is 17.1 Å². The van der Waals surface area contributed by atoms with Crippen LogP contribution in [0.25, 0.3) is 28.1 Å². The van der Waals surface area contributed by atoms with Gasteiger partial charge in [-0.05, 0) is 62.4 Å². The Hall–Kier alpha value is -4.52. The van der Waals surface area contributed by atoms with E-state index in [4.69, 9.17) is 4.98 Å². The van der Waals surface area contributed by atoms with Gasteiger partial charge in [-0.15, -0.1) is 0 Å². The van der Waals surface area contributed by atoms with Crippen molar-refractivity contribution in [1.82, 2.24) is 19.3 Å². The van der Waals surface area contributed by atoms with Gasteiger partial charge in [0.2, 0.25) is 0 Å². The summed E-state index contributed by atoms with van der Waals surface area (Å²) in [6.45, 7) is 3.53. The first-order chi connectivity index (χ1) is 16.4. The van der Waals surface area contributed by atoms with Gasteiger partial charge in [-0.25, -0.2) is 9.67 Å². The van der Waals surface area contributed by atoms with Crippen molar-refractivity contribution in [1.29, 1.82) is 0 Å². The number of nitrogens with zero attached hydrogens (tertiary/aromatic N) is 4. The smallest absolute Gasteiger partial charge is 0.296 e. The molecule has 7 nitrogen and oxygen atoms in total. The Morgan fingerprint density at radius 2 is 1.53 bits per heavy atom. The predicted octanol–water partition coefficient (Wildman–Crippen LogP) is 4.86. The summed E-state index contributed by atoms with van der Waals surface area (Å²) in [6, 6.07) is 24.8. The molecule has 168 valence electrons. The highest BCUT2D eigenvalue weighted by Crippen LogP contribution is 2.25. The molecule has 1 N–H and O–H groups in total. The summed E-state index contributed by atoms with van der Waals surface area (Å²) in [6.07, 6.45) is 0. The van der Waals surface area contributed by atoms with E-state index in [-0.39, 0.29) is 0 Å². The summed E-state index contributed by atoms with van der Waals surface area (Å²) >= 11 is 0. The quantitative estimate of drug-likeness (QED) is 0.307. The molecule has 5 rings (SSSR count). The van der Waals surface area contributed by atoms with Crippen molar-refractivity contribution in [2.24, 2.45) is 7.05 Å². The minimum absolute atomic E-state index is 0.317. The van der Waals surface area contributed by atoms with Crippen molar-refractivity contribution >= 4 is 28.4 Å². The lowest BCUT2D eigenvalue weighted by Crippen LogP contribution is -2.24. The molecule has 0 atom stereocenters. The van der Waals surface area contributed by atoms with Crippen LogP contribution >= 0.6 is 0 Å². The van der Waals surface area contributed by atoms with E-state index in [1.54, 1.807) is 30.7 Å². The molecule has 0 radical (unpaired) electrons. The Balaban J connectivity index is 1.36. The topological polar surface area (TPSA) is 81.8 Å². The number of carbonyl (C=O) groups is 2. The maximum absolute atomic E-state index is 13.0. The molecule has 3 aromatic carbocycles. The average Bonchev–Trinajstić information content (AvgIpc) is 3.35. The molecule has 0 saturated carbocycles. The monoisotopic (exact) mass is 449 g/mol. The van der Waals surface area contributed by atoms with Crippen molar-refractivity contribution in [2.75, 3.05) is 5.32 Å². The zero-order chi connectivity index (χ0) is 23.8. The number of ketones is 1. The van der Waals surface area contributed by atoms with Gasteiger partial charge in [0.1, 0.15) is 5.82 Å². The number of benzene rings is 3. The third-order valence-electron chi connectivity index (χ3n) is 5.91. The van der Waals surface area contributed by atoms with E-state index >= 15 is 0 Å². The highest BCUT2D eigenvalue weighted by atomic mass is 16.2. The molecule has 0 unspecified atom stereocenters. The van der Waals surface area contributed by atoms with Crippen LogP contribution in [0.4, 0.5) is 5.69 Å². The second-order valence-electron chi connectivity index (χ2n) is 8.14. The van der Waals surface area contributed by atoms with Gasteiger partial charge < -0.3 is 9.88 Å². The summed E-state index contributed by atoms with van der Waals surface area (Å²) in [5.74, 6) is -0.486. The van der Waals surface area contributed by atoms with Gasteiger partial charge in [0.25, 0.3) is 11.7 Å². The van der Waals surface area contributed by atoms with Crippen molar-refractivity contribution < 1.29 is 9.59 Å². The number of rotatable bonds is 5. The number of amides is 1. The summed E-state index contributed by atoms with van der Waals surface area (Å²) in [5, 5.41) is 7.18. The molecule has 2 heterocycles. The van der Waals surface area contributed by atoms with E-state index in [1.165, 1.54) is 0 Å². The largest absolute Gasteiger partial charge is 0.327 e. The fourth-order valence-electron chi connectivity index (χ4n) is 4.20. The molecular weight excluding hydrogens is 426 g/mol. The van der Waals surface area contributed by atoms with Crippen LogP contribution < -0.4 is 5.32 Å². The van der Waals surface area contributed by atoms with E-state index < -0.39 is 11.7 Å². The molecule has 0 aliphatic heterocycles. The fourth-order valence-corrected chi connectivity index (χ4v) is 4.20. The molecule has 0 spiro atoms. The summed E-state index contributed by atoms with van der Waals surface area (Å²) in [5.41, 5.74) is 5.70. The van der Waals surface area contributed by atoms with Gasteiger partial charge in [-0.3, -0.25) is 9.59 Å². The Labute approximate surface area is 196 Å². The van der Waals surface area contributed by atoms with Crippen LogP contribution in [-0.4, -0.2) is 31.0 Å². The Bertz CT molecular complexity index is 1530. The molecule has 5 aromatic rings. The maximum atomic E-state index is 13.0. The molecule has 34 heavy (non-hydrogen) atoms. The molecular formula is C27H23N5O2. The lowest BCUT2D eigenvalue weighted by atomic mass is 10.1. The van der Waals surface area contributed by atoms with Crippen molar-refractivity contribution in [3.05, 3.63) is 95.8 Å². The fraction of sp³-hybridized carbons (Fsp3) is 0.111. The zero-order valence-corrected chi connectivity index (χ0v) is 19.1. The molecule has 0 aliphatic rings. The number of hydrogen-bond donors (Lipinski definition) is 1. The Morgan fingerprint density at radius 1 is 0.853 bits per heavy atom. The van der Waals surface area contributed by atoms with E-state index in [9.17, 15) is 9.59 Å². The predicted molar refractivity (Wildman–Crippen MR) is 132 cm³/mol. The number of hydrogen-bond acceptors (Lipinski definition) is 4. The molecule has 0 aliphatic carbocycles. The van der Waals surface area contributed by atoms with Gasteiger partial charge in [-0.1, -0.05) is 30.3 Å². The summed E-state index contributed by atoms with van der Waals surface area (Å²) in [4.78, 5) is 30.5. The van der Waals surface area contributed by atoms with E-state index in [0.717, 1.165) is 28.1 Å². The van der Waals surface area contributed by atoms with Crippen LogP contribution in [0, 0.1) is 13.8 Å². The standard InChI is InChI=1S/C27H23N5O2/c1-17-24(18(2)32(30-17)21-9-5-4-6-10-21)25(33)27(34)28-20-15-13-19(14-16-20)26-29-22-11-7-8-12-23(22)31(26)3/h4-16H,1-3H3,(H,28,34). The number of aromatic nitrogens is 4. The molecule has 0 bridgehead atoms. The van der Waals surface area contributed by atoms with Crippen LogP contribution in [0.5, 0.6) is 0 Å². The third kappa shape index (κ3) is 3.67. The van der Waals surface area contributed by atoms with Crippen molar-refractivity contribution in [3.63, 3.8) is 0 Å². The van der Waals surface area contributed by atoms with E-state index in [0.29, 0.717) is 22.6 Å². The number of fused-ring (bicyclic) bond motifs is 1. The SMILES string of the molecule is Cc1nn(-c2ccccc2)c(C)c1C(=O)C(=O)Nc1ccc(-c2nc3ccccc3n2C)cc1. The normalized spacial score (nSPS) is 11.0.